The summed E-state index contributed by atoms with van der Waals surface area (Å²) in [6.07, 6.45) is 10.2. The molecule has 0 aromatic carbocycles. The second-order valence-electron chi connectivity index (χ2n) is 3.12. The molecule has 10 heavy (non-hydrogen) atoms. The second kappa shape index (κ2) is 4.48. The van der Waals surface area contributed by atoms with Crippen LogP contribution in [0.2, 0.25) is 0 Å². The molecule has 0 saturated heterocycles. The van der Waals surface area contributed by atoms with Crippen molar-refractivity contribution >= 4 is 45.2 Å². The van der Waals surface area contributed by atoms with Crippen LogP contribution in [0.5, 0.6) is 0 Å². The van der Waals surface area contributed by atoms with Crippen molar-refractivity contribution in [2.75, 3.05) is 0 Å². The third-order valence-corrected chi connectivity index (χ3v) is 4.24. The second-order valence-corrected chi connectivity index (χ2v) is 9.32. The fourth-order valence-corrected chi connectivity index (χ4v) is 2.95. The van der Waals surface area contributed by atoms with Crippen LogP contribution in [0.1, 0.15) is 44.9 Å². The Morgan fingerprint density at radius 3 is 1.60 bits per heavy atom. The van der Waals surface area contributed by atoms with Gasteiger partial charge in [-0.3, -0.25) is 0 Å². The van der Waals surface area contributed by atoms with Crippen molar-refractivity contribution in [2.45, 2.75) is 46.4 Å². The molecule has 1 fully saturated rings. The number of hydrogen-bond donors (Lipinski definition) is 0. The highest BCUT2D eigenvalue weighted by atomic mass is 127. The van der Waals surface area contributed by atoms with E-state index in [2.05, 4.69) is 45.2 Å². The average Bonchev–Trinajstić information content (AvgIpc) is 1.81. The third-order valence-electron chi connectivity index (χ3n) is 2.09. The average molecular weight is 364 g/mol. The van der Waals surface area contributed by atoms with Crippen LogP contribution in [0, 0.1) is 0 Å². The molecule has 1 rings (SSSR count). The van der Waals surface area contributed by atoms with Gasteiger partial charge in [0.15, 0.2) is 0 Å². The molecule has 0 unspecified atom stereocenters. The Morgan fingerprint density at radius 2 is 1.10 bits per heavy atom. The molecule has 0 aliphatic heterocycles. The number of hydrogen-bond acceptors (Lipinski definition) is 0. The van der Waals surface area contributed by atoms with Gasteiger partial charge in [0, 0.05) is 0 Å². The molecule has 60 valence electrons. The van der Waals surface area contributed by atoms with E-state index < -0.39 is 0 Å². The van der Waals surface area contributed by atoms with E-state index in [1.807, 2.05) is 0 Å². The van der Waals surface area contributed by atoms with Crippen molar-refractivity contribution < 1.29 is 0 Å². The van der Waals surface area contributed by atoms with Gasteiger partial charge in [0.25, 0.3) is 0 Å². The van der Waals surface area contributed by atoms with Gasteiger partial charge in [0.05, 0.1) is 1.43 Å². The Morgan fingerprint density at radius 1 is 0.700 bits per heavy atom. The minimum atomic E-state index is 0.593. The van der Waals surface area contributed by atoms with Crippen molar-refractivity contribution in [3.8, 4) is 0 Å². The van der Waals surface area contributed by atoms with Crippen molar-refractivity contribution in [1.29, 1.82) is 0 Å². The first kappa shape index (κ1) is 9.55. The quantitative estimate of drug-likeness (QED) is 0.444. The van der Waals surface area contributed by atoms with Gasteiger partial charge in [-0.1, -0.05) is 77.3 Å². The summed E-state index contributed by atoms with van der Waals surface area (Å²) in [7, 11) is 0. The fraction of sp³-hybridized carbons (Fsp3) is 1.00. The smallest absolute Gasteiger partial charge is 0.0672 e. The zero-order valence-electron chi connectivity index (χ0n) is 6.21. The van der Waals surface area contributed by atoms with E-state index in [0.29, 0.717) is 1.43 Å². The predicted molar refractivity (Wildman–Crippen MR) is 63.1 cm³/mol. The first-order valence-electron chi connectivity index (χ1n) is 4.09. The molecule has 0 aromatic rings. The van der Waals surface area contributed by atoms with E-state index >= 15 is 0 Å². The minimum Gasteiger partial charge on any atom is -0.0672 e. The van der Waals surface area contributed by atoms with Gasteiger partial charge in [-0.15, -0.1) is 0 Å². The monoisotopic (exact) mass is 364 g/mol. The summed E-state index contributed by atoms with van der Waals surface area (Å²) in [6.45, 7) is 0. The lowest BCUT2D eigenvalue weighted by atomic mass is 10.0. The van der Waals surface area contributed by atoms with Gasteiger partial charge in [0.1, 0.15) is 0 Å². The first-order chi connectivity index (χ1) is 4.71. The van der Waals surface area contributed by atoms with Crippen LogP contribution in [0.15, 0.2) is 0 Å². The lowest BCUT2D eigenvalue weighted by molar-refractivity contribution is 0.514. The summed E-state index contributed by atoms with van der Waals surface area (Å²) in [5.74, 6) is 0. The maximum absolute atomic E-state index is 2.62. The molecular formula is C8H14I2. The predicted octanol–water partition coefficient (Wildman–Crippen LogP) is 4.30. The van der Waals surface area contributed by atoms with Gasteiger partial charge in [-0.25, -0.2) is 0 Å². The maximum atomic E-state index is 2.62. The molecule has 0 bridgehead atoms. The molecular weight excluding hydrogens is 350 g/mol. The summed E-state index contributed by atoms with van der Waals surface area (Å²) in [6, 6.07) is 0. The largest absolute Gasteiger partial charge is 0.0734 e. The Labute approximate surface area is 90.8 Å². The van der Waals surface area contributed by atoms with Crippen molar-refractivity contribution in [1.82, 2.24) is 0 Å². The normalized spacial score (nSPS) is 27.0. The lowest BCUT2D eigenvalue weighted by Gasteiger charge is -2.22. The van der Waals surface area contributed by atoms with Crippen LogP contribution in [0.3, 0.4) is 0 Å². The molecule has 0 atom stereocenters. The van der Waals surface area contributed by atoms with Gasteiger partial charge < -0.3 is 0 Å². The highest BCUT2D eigenvalue weighted by Crippen LogP contribution is 2.39. The van der Waals surface area contributed by atoms with Gasteiger partial charge in [0.2, 0.25) is 0 Å². The SMILES string of the molecule is IC1(I)CCCCCCC1. The molecule has 1 saturated carbocycles. The molecule has 1 aliphatic carbocycles. The van der Waals surface area contributed by atoms with E-state index in [1.165, 1.54) is 44.9 Å². The summed E-state index contributed by atoms with van der Waals surface area (Å²) in [5, 5.41) is 0. The van der Waals surface area contributed by atoms with Crippen LogP contribution >= 0.6 is 45.2 Å². The summed E-state index contributed by atoms with van der Waals surface area (Å²) in [5.41, 5.74) is 0. The van der Waals surface area contributed by atoms with Crippen LogP contribution in [0.25, 0.3) is 0 Å². The van der Waals surface area contributed by atoms with Crippen LogP contribution in [-0.4, -0.2) is 1.43 Å². The molecule has 0 heterocycles. The highest BCUT2D eigenvalue weighted by molar-refractivity contribution is 14.2. The summed E-state index contributed by atoms with van der Waals surface area (Å²) >= 11 is 5.24. The van der Waals surface area contributed by atoms with Crippen molar-refractivity contribution in [3.05, 3.63) is 0 Å². The van der Waals surface area contributed by atoms with E-state index in [1.54, 1.807) is 0 Å². The third kappa shape index (κ3) is 3.74. The lowest BCUT2D eigenvalue weighted by Crippen LogP contribution is -2.11. The van der Waals surface area contributed by atoms with Gasteiger partial charge >= 0.3 is 0 Å². The molecule has 0 aromatic heterocycles. The van der Waals surface area contributed by atoms with E-state index in [4.69, 9.17) is 0 Å². The molecule has 2 heteroatoms. The van der Waals surface area contributed by atoms with Crippen LogP contribution < -0.4 is 0 Å². The van der Waals surface area contributed by atoms with Crippen LogP contribution in [0.4, 0.5) is 0 Å². The van der Waals surface area contributed by atoms with Crippen molar-refractivity contribution in [2.24, 2.45) is 0 Å². The highest BCUT2D eigenvalue weighted by Gasteiger charge is 2.22. The molecule has 0 N–H and O–H groups in total. The molecule has 0 nitrogen and oxygen atoms in total. The van der Waals surface area contributed by atoms with E-state index in [-0.39, 0.29) is 0 Å². The van der Waals surface area contributed by atoms with E-state index in [0.717, 1.165) is 0 Å². The fourth-order valence-electron chi connectivity index (χ4n) is 1.42. The Kier molecular flexibility index (Phi) is 4.27. The molecule has 1 aliphatic rings. The number of halogens is 2. The Bertz CT molecular complexity index is 89.4. The zero-order valence-corrected chi connectivity index (χ0v) is 10.5. The summed E-state index contributed by atoms with van der Waals surface area (Å²) in [4.78, 5) is 0. The Hall–Kier alpha value is 1.46. The van der Waals surface area contributed by atoms with Crippen LogP contribution in [-0.2, 0) is 0 Å². The molecule has 0 amide bonds. The minimum absolute atomic E-state index is 0.593. The first-order valence-corrected chi connectivity index (χ1v) is 6.24. The molecule has 0 radical (unpaired) electrons. The standard InChI is InChI=1S/C8H14I2/c9-8(10)6-4-2-1-3-5-7-8/h1-7H2. The van der Waals surface area contributed by atoms with Gasteiger partial charge in [-0.05, 0) is 12.8 Å². The maximum Gasteiger partial charge on any atom is 0.0734 e. The number of rotatable bonds is 0. The number of alkyl halides is 2. The molecule has 0 spiro atoms. The van der Waals surface area contributed by atoms with Crippen molar-refractivity contribution in [3.63, 3.8) is 0 Å². The summed E-state index contributed by atoms with van der Waals surface area (Å²) < 4.78 is 0.593. The topological polar surface area (TPSA) is 0 Å². The zero-order chi connectivity index (χ0) is 7.45. The van der Waals surface area contributed by atoms with Gasteiger partial charge in [-0.2, -0.15) is 0 Å². The Balaban J connectivity index is 2.30. The van der Waals surface area contributed by atoms with E-state index in [9.17, 15) is 0 Å².